The Morgan fingerprint density at radius 1 is 1.57 bits per heavy atom. The Balaban J connectivity index is 2.82. The first-order valence-corrected chi connectivity index (χ1v) is 4.90. The third kappa shape index (κ3) is 2.86. The average Bonchev–Trinajstić information content (AvgIpc) is 2.09. The zero-order valence-electron chi connectivity index (χ0n) is 7.84. The van der Waals surface area contributed by atoms with Crippen molar-refractivity contribution < 1.29 is 4.79 Å². The Morgan fingerprint density at radius 2 is 2.21 bits per heavy atom. The van der Waals surface area contributed by atoms with Gasteiger partial charge in [-0.15, -0.1) is 11.6 Å². The van der Waals surface area contributed by atoms with Crippen LogP contribution in [0.4, 0.5) is 5.69 Å². The number of nitrogens with one attached hydrogen (secondary N) is 1. The van der Waals surface area contributed by atoms with Gasteiger partial charge in [-0.1, -0.05) is 11.6 Å². The highest BCUT2D eigenvalue weighted by atomic mass is 35.5. The molecule has 0 saturated carbocycles. The molecule has 76 valence electrons. The predicted octanol–water partition coefficient (Wildman–Crippen LogP) is 2.61. The molecule has 1 rings (SSSR count). The van der Waals surface area contributed by atoms with E-state index in [1.807, 2.05) is 0 Å². The van der Waals surface area contributed by atoms with Crippen LogP contribution in [-0.2, 0) is 4.79 Å². The second-order valence-electron chi connectivity index (χ2n) is 2.87. The minimum Gasteiger partial charge on any atom is -0.323 e. The molecule has 1 N–H and O–H groups in total. The topological polar surface area (TPSA) is 42.0 Å². The van der Waals surface area contributed by atoms with Crippen LogP contribution in [-0.4, -0.2) is 16.3 Å². The lowest BCUT2D eigenvalue weighted by Crippen LogP contribution is -2.20. The minimum atomic E-state index is -0.565. The fourth-order valence-electron chi connectivity index (χ4n) is 0.895. The number of pyridine rings is 1. The first-order chi connectivity index (χ1) is 6.50. The zero-order chi connectivity index (χ0) is 10.7. The smallest absolute Gasteiger partial charge is 0.242 e. The summed E-state index contributed by atoms with van der Waals surface area (Å²) in [7, 11) is 0. The Bertz CT molecular complexity index is 353. The van der Waals surface area contributed by atoms with Crippen LogP contribution in [0.3, 0.4) is 0 Å². The molecule has 14 heavy (non-hydrogen) atoms. The number of nitrogens with zero attached hydrogens (tertiary/aromatic N) is 1. The molecular formula is C9H10Cl2N2O. The molecular weight excluding hydrogens is 223 g/mol. The van der Waals surface area contributed by atoms with E-state index in [2.05, 4.69) is 10.3 Å². The molecule has 1 heterocycles. The number of aryl methyl sites for hydroxylation is 1. The summed E-state index contributed by atoms with van der Waals surface area (Å²) < 4.78 is 0. The molecule has 0 saturated heterocycles. The number of aromatic nitrogens is 1. The quantitative estimate of drug-likeness (QED) is 0.630. The van der Waals surface area contributed by atoms with Crippen LogP contribution < -0.4 is 5.32 Å². The van der Waals surface area contributed by atoms with Gasteiger partial charge in [0.05, 0.1) is 11.4 Å². The van der Waals surface area contributed by atoms with Crippen LogP contribution in [0, 0.1) is 6.92 Å². The van der Waals surface area contributed by atoms with Gasteiger partial charge in [-0.3, -0.25) is 4.79 Å². The second-order valence-corrected chi connectivity index (χ2v) is 3.91. The highest BCUT2D eigenvalue weighted by molar-refractivity contribution is 6.32. The number of carbonyl (C=O) groups excluding carboxylic acids is 1. The summed E-state index contributed by atoms with van der Waals surface area (Å²) in [4.78, 5) is 15.2. The maximum absolute atomic E-state index is 11.2. The Kier molecular flexibility index (Phi) is 3.72. The van der Waals surface area contributed by atoms with Crippen molar-refractivity contribution in [1.82, 2.24) is 4.98 Å². The summed E-state index contributed by atoms with van der Waals surface area (Å²) in [6.07, 6.45) is 0. The number of hydrogen-bond acceptors (Lipinski definition) is 2. The molecule has 0 radical (unpaired) electrons. The Morgan fingerprint density at radius 3 is 2.71 bits per heavy atom. The number of carbonyl (C=O) groups is 1. The lowest BCUT2D eigenvalue weighted by molar-refractivity contribution is -0.115. The van der Waals surface area contributed by atoms with Crippen molar-refractivity contribution >= 4 is 34.8 Å². The van der Waals surface area contributed by atoms with Gasteiger partial charge in [0, 0.05) is 0 Å². The summed E-state index contributed by atoms with van der Waals surface area (Å²) in [6, 6.07) is 3.31. The molecule has 0 aliphatic heterocycles. The molecule has 1 unspecified atom stereocenters. The third-order valence-electron chi connectivity index (χ3n) is 1.67. The van der Waals surface area contributed by atoms with Crippen LogP contribution in [0.2, 0.25) is 5.15 Å². The molecule has 3 nitrogen and oxygen atoms in total. The number of alkyl halides is 1. The average molecular weight is 233 g/mol. The standard InChI is InChI=1S/C9H10Cl2N2O/c1-5(10)9(14)13-7-3-4-8(11)12-6(7)2/h3-5H,1-2H3,(H,13,14). The summed E-state index contributed by atoms with van der Waals surface area (Å²) in [5.41, 5.74) is 1.30. The van der Waals surface area contributed by atoms with Gasteiger partial charge in [0.2, 0.25) is 5.91 Å². The van der Waals surface area contributed by atoms with Gasteiger partial charge in [0.1, 0.15) is 10.5 Å². The Hall–Kier alpha value is -0.800. The molecule has 1 aromatic rings. The molecule has 0 aliphatic carbocycles. The SMILES string of the molecule is Cc1nc(Cl)ccc1NC(=O)C(C)Cl. The maximum atomic E-state index is 11.2. The molecule has 1 amide bonds. The highest BCUT2D eigenvalue weighted by Gasteiger charge is 2.10. The van der Waals surface area contributed by atoms with E-state index in [1.54, 1.807) is 26.0 Å². The molecule has 0 bridgehead atoms. The third-order valence-corrected chi connectivity index (χ3v) is 2.08. The molecule has 0 aliphatic rings. The number of anilines is 1. The van der Waals surface area contributed by atoms with E-state index in [9.17, 15) is 4.79 Å². The van der Waals surface area contributed by atoms with Gasteiger partial charge in [-0.05, 0) is 26.0 Å². The number of hydrogen-bond donors (Lipinski definition) is 1. The van der Waals surface area contributed by atoms with Crippen LogP contribution in [0.25, 0.3) is 0 Å². The number of halogens is 2. The van der Waals surface area contributed by atoms with Crippen molar-refractivity contribution in [1.29, 1.82) is 0 Å². The Labute approximate surface area is 92.4 Å². The maximum Gasteiger partial charge on any atom is 0.242 e. The summed E-state index contributed by atoms with van der Waals surface area (Å²) in [5, 5.41) is 2.48. The van der Waals surface area contributed by atoms with Crippen molar-refractivity contribution in [3.8, 4) is 0 Å². The van der Waals surface area contributed by atoms with E-state index in [0.717, 1.165) is 0 Å². The highest BCUT2D eigenvalue weighted by Crippen LogP contribution is 2.16. The molecule has 0 aromatic carbocycles. The van der Waals surface area contributed by atoms with E-state index in [4.69, 9.17) is 23.2 Å². The van der Waals surface area contributed by atoms with Gasteiger partial charge in [0.25, 0.3) is 0 Å². The number of rotatable bonds is 2. The van der Waals surface area contributed by atoms with Crippen molar-refractivity contribution in [2.24, 2.45) is 0 Å². The van der Waals surface area contributed by atoms with Gasteiger partial charge >= 0.3 is 0 Å². The first-order valence-electron chi connectivity index (χ1n) is 4.09. The van der Waals surface area contributed by atoms with Crippen LogP contribution in [0.1, 0.15) is 12.6 Å². The normalized spacial score (nSPS) is 12.3. The monoisotopic (exact) mass is 232 g/mol. The second kappa shape index (κ2) is 4.62. The lowest BCUT2D eigenvalue weighted by Gasteiger charge is -2.08. The van der Waals surface area contributed by atoms with Gasteiger partial charge < -0.3 is 5.32 Å². The predicted molar refractivity (Wildman–Crippen MR) is 57.9 cm³/mol. The first kappa shape index (κ1) is 11.3. The van der Waals surface area contributed by atoms with Crippen LogP contribution in [0.15, 0.2) is 12.1 Å². The van der Waals surface area contributed by atoms with Crippen molar-refractivity contribution in [3.63, 3.8) is 0 Å². The van der Waals surface area contributed by atoms with Gasteiger partial charge in [0.15, 0.2) is 0 Å². The van der Waals surface area contributed by atoms with E-state index in [-0.39, 0.29) is 5.91 Å². The fourth-order valence-corrected chi connectivity index (χ4v) is 1.14. The molecule has 1 atom stereocenters. The molecule has 0 fully saturated rings. The van der Waals surface area contributed by atoms with E-state index in [0.29, 0.717) is 16.5 Å². The van der Waals surface area contributed by atoms with Crippen LogP contribution >= 0.6 is 23.2 Å². The summed E-state index contributed by atoms with van der Waals surface area (Å²) >= 11 is 11.3. The zero-order valence-corrected chi connectivity index (χ0v) is 9.36. The molecule has 0 spiro atoms. The minimum absolute atomic E-state index is 0.251. The molecule has 1 aromatic heterocycles. The fraction of sp³-hybridized carbons (Fsp3) is 0.333. The number of amides is 1. The van der Waals surface area contributed by atoms with E-state index < -0.39 is 5.38 Å². The summed E-state index contributed by atoms with van der Waals surface area (Å²) in [6.45, 7) is 3.37. The lowest BCUT2D eigenvalue weighted by atomic mass is 10.3. The largest absolute Gasteiger partial charge is 0.323 e. The van der Waals surface area contributed by atoms with Gasteiger partial charge in [-0.25, -0.2) is 4.98 Å². The van der Waals surface area contributed by atoms with Crippen LogP contribution in [0.5, 0.6) is 0 Å². The van der Waals surface area contributed by atoms with E-state index in [1.165, 1.54) is 0 Å². The van der Waals surface area contributed by atoms with Crippen molar-refractivity contribution in [2.45, 2.75) is 19.2 Å². The van der Waals surface area contributed by atoms with Crippen molar-refractivity contribution in [2.75, 3.05) is 5.32 Å². The van der Waals surface area contributed by atoms with Gasteiger partial charge in [-0.2, -0.15) is 0 Å². The summed E-state index contributed by atoms with van der Waals surface area (Å²) in [5.74, 6) is -0.251. The molecule has 5 heteroatoms. The van der Waals surface area contributed by atoms with Crippen molar-refractivity contribution in [3.05, 3.63) is 23.0 Å². The van der Waals surface area contributed by atoms with E-state index >= 15 is 0 Å².